The fraction of sp³-hybridized carbons (Fsp3) is 0.750. The first-order chi connectivity index (χ1) is 12.1. The lowest BCUT2D eigenvalue weighted by atomic mass is 10.1. The van der Waals surface area contributed by atoms with E-state index in [0.29, 0.717) is 5.92 Å². The molecule has 2 heterocycles. The van der Waals surface area contributed by atoms with Crippen molar-refractivity contribution in [2.75, 3.05) is 45.8 Å². The Balaban J connectivity index is 0.00000338. The molecule has 1 N–H and O–H groups in total. The van der Waals surface area contributed by atoms with E-state index in [1.165, 1.54) is 13.0 Å². The molecular formula is C20H37IN4O. The van der Waals surface area contributed by atoms with Crippen LogP contribution in [0.1, 0.15) is 39.9 Å². The summed E-state index contributed by atoms with van der Waals surface area (Å²) in [5.41, 5.74) is 0. The second kappa shape index (κ2) is 12.6. The van der Waals surface area contributed by atoms with Gasteiger partial charge in [0, 0.05) is 39.1 Å². The van der Waals surface area contributed by atoms with E-state index >= 15 is 0 Å². The predicted octanol–water partition coefficient (Wildman–Crippen LogP) is 3.71. The minimum absolute atomic E-state index is 0. The molecule has 1 aliphatic heterocycles. The number of nitrogens with one attached hydrogen (secondary N) is 1. The van der Waals surface area contributed by atoms with Crippen LogP contribution in [0.3, 0.4) is 0 Å². The molecule has 1 fully saturated rings. The molecule has 5 nitrogen and oxygen atoms in total. The van der Waals surface area contributed by atoms with Crippen molar-refractivity contribution in [2.45, 2.75) is 40.5 Å². The third-order valence-electron chi connectivity index (χ3n) is 4.84. The topological polar surface area (TPSA) is 44.0 Å². The van der Waals surface area contributed by atoms with Gasteiger partial charge in [-0.2, -0.15) is 0 Å². The van der Waals surface area contributed by atoms with Crippen LogP contribution in [0, 0.1) is 11.8 Å². The predicted molar refractivity (Wildman–Crippen MR) is 120 cm³/mol. The van der Waals surface area contributed by atoms with Crippen LogP contribution in [0.2, 0.25) is 0 Å². The second-order valence-corrected chi connectivity index (χ2v) is 7.40. The van der Waals surface area contributed by atoms with Crippen LogP contribution in [0.5, 0.6) is 0 Å². The van der Waals surface area contributed by atoms with Crippen LogP contribution in [0.4, 0.5) is 0 Å². The molecule has 2 rings (SSSR count). The van der Waals surface area contributed by atoms with Gasteiger partial charge in [0.25, 0.3) is 0 Å². The van der Waals surface area contributed by atoms with Gasteiger partial charge in [-0.1, -0.05) is 27.7 Å². The molecule has 26 heavy (non-hydrogen) atoms. The molecule has 0 saturated carbocycles. The average Bonchev–Trinajstić information content (AvgIpc) is 3.27. The Morgan fingerprint density at radius 2 is 2.15 bits per heavy atom. The third-order valence-corrected chi connectivity index (χ3v) is 4.84. The van der Waals surface area contributed by atoms with Crippen molar-refractivity contribution in [3.63, 3.8) is 0 Å². The molecule has 0 radical (unpaired) electrons. The van der Waals surface area contributed by atoms with Gasteiger partial charge in [-0.15, -0.1) is 24.0 Å². The first-order valence-electron chi connectivity index (χ1n) is 9.90. The number of furan rings is 1. The van der Waals surface area contributed by atoms with Gasteiger partial charge in [0.1, 0.15) is 5.76 Å². The van der Waals surface area contributed by atoms with Gasteiger partial charge in [-0.25, -0.2) is 0 Å². The maximum absolute atomic E-state index is 5.43. The van der Waals surface area contributed by atoms with Gasteiger partial charge in [-0.3, -0.25) is 4.99 Å². The van der Waals surface area contributed by atoms with Crippen molar-refractivity contribution in [3.05, 3.63) is 24.2 Å². The van der Waals surface area contributed by atoms with E-state index < -0.39 is 0 Å². The molecule has 1 aliphatic rings. The van der Waals surface area contributed by atoms with Gasteiger partial charge in [0.15, 0.2) is 5.96 Å². The Morgan fingerprint density at radius 3 is 2.77 bits per heavy atom. The van der Waals surface area contributed by atoms with Gasteiger partial charge in [0.05, 0.1) is 6.26 Å². The van der Waals surface area contributed by atoms with Crippen molar-refractivity contribution in [1.82, 2.24) is 15.1 Å². The zero-order valence-electron chi connectivity index (χ0n) is 16.9. The molecule has 1 aromatic rings. The summed E-state index contributed by atoms with van der Waals surface area (Å²) in [6.45, 7) is 16.4. The lowest BCUT2D eigenvalue weighted by Gasteiger charge is -2.25. The molecule has 1 atom stereocenters. The molecule has 0 bridgehead atoms. The van der Waals surface area contributed by atoms with Gasteiger partial charge in [0.2, 0.25) is 0 Å². The van der Waals surface area contributed by atoms with Gasteiger partial charge in [-0.05, 0) is 43.5 Å². The molecule has 0 aliphatic carbocycles. The quantitative estimate of drug-likeness (QED) is 0.336. The number of halogens is 1. The fourth-order valence-electron chi connectivity index (χ4n) is 3.31. The summed E-state index contributed by atoms with van der Waals surface area (Å²) < 4.78 is 5.43. The average molecular weight is 476 g/mol. The molecular weight excluding hydrogens is 439 g/mol. The van der Waals surface area contributed by atoms with Crippen molar-refractivity contribution in [2.24, 2.45) is 16.8 Å². The van der Waals surface area contributed by atoms with Crippen molar-refractivity contribution < 1.29 is 4.42 Å². The molecule has 150 valence electrons. The minimum Gasteiger partial charge on any atom is -0.469 e. The van der Waals surface area contributed by atoms with E-state index in [9.17, 15) is 0 Å². The van der Waals surface area contributed by atoms with Gasteiger partial charge >= 0.3 is 0 Å². The molecule has 0 amide bonds. The van der Waals surface area contributed by atoms with Crippen molar-refractivity contribution >= 4 is 29.9 Å². The Kier molecular flexibility index (Phi) is 11.3. The SMILES string of the molecule is CCN(CC)CC1CCN(C(=NCC(C)C)NCCc2ccco2)C1.I. The number of rotatable bonds is 9. The monoisotopic (exact) mass is 476 g/mol. The highest BCUT2D eigenvalue weighted by Gasteiger charge is 2.26. The maximum atomic E-state index is 5.43. The number of hydrogen-bond acceptors (Lipinski definition) is 3. The fourth-order valence-corrected chi connectivity index (χ4v) is 3.31. The summed E-state index contributed by atoms with van der Waals surface area (Å²) in [4.78, 5) is 9.84. The van der Waals surface area contributed by atoms with Crippen molar-refractivity contribution in [3.8, 4) is 0 Å². The Labute approximate surface area is 176 Å². The van der Waals surface area contributed by atoms with Crippen LogP contribution < -0.4 is 5.32 Å². The zero-order chi connectivity index (χ0) is 18.1. The molecule has 1 saturated heterocycles. The van der Waals surface area contributed by atoms with E-state index in [2.05, 4.69) is 42.8 Å². The number of hydrogen-bond donors (Lipinski definition) is 1. The number of aliphatic imine (C=N–C) groups is 1. The van der Waals surface area contributed by atoms with E-state index in [4.69, 9.17) is 9.41 Å². The van der Waals surface area contributed by atoms with Crippen LogP contribution >= 0.6 is 24.0 Å². The standard InChI is InChI=1S/C20H36N4O.HI/c1-5-23(6-2)15-18-10-12-24(16-18)20(22-14-17(3)4)21-11-9-19-8-7-13-25-19;/h7-8,13,17-18H,5-6,9-12,14-16H2,1-4H3,(H,21,22);1H. The van der Waals surface area contributed by atoms with E-state index in [1.54, 1.807) is 6.26 Å². The number of nitrogens with zero attached hydrogens (tertiary/aromatic N) is 3. The summed E-state index contributed by atoms with van der Waals surface area (Å²) >= 11 is 0. The Bertz CT molecular complexity index is 500. The van der Waals surface area contributed by atoms with Crippen molar-refractivity contribution in [1.29, 1.82) is 0 Å². The van der Waals surface area contributed by atoms with E-state index in [-0.39, 0.29) is 24.0 Å². The molecule has 1 aromatic heterocycles. The number of likely N-dealkylation sites (tertiary alicyclic amines) is 1. The highest BCUT2D eigenvalue weighted by Crippen LogP contribution is 2.18. The third kappa shape index (κ3) is 7.86. The largest absolute Gasteiger partial charge is 0.469 e. The first-order valence-corrected chi connectivity index (χ1v) is 9.90. The smallest absolute Gasteiger partial charge is 0.193 e. The highest BCUT2D eigenvalue weighted by atomic mass is 127. The summed E-state index contributed by atoms with van der Waals surface area (Å²) in [5, 5.41) is 3.56. The van der Waals surface area contributed by atoms with Crippen LogP contribution in [-0.2, 0) is 6.42 Å². The molecule has 0 aromatic carbocycles. The Hall–Kier alpha value is -0.760. The van der Waals surface area contributed by atoms with Crippen LogP contribution in [-0.4, -0.2) is 61.6 Å². The molecule has 1 unspecified atom stereocenters. The summed E-state index contributed by atoms with van der Waals surface area (Å²) in [6.07, 6.45) is 3.89. The Morgan fingerprint density at radius 1 is 1.38 bits per heavy atom. The molecule has 6 heteroatoms. The lowest BCUT2D eigenvalue weighted by Crippen LogP contribution is -2.42. The van der Waals surface area contributed by atoms with E-state index in [1.807, 2.05) is 12.1 Å². The summed E-state index contributed by atoms with van der Waals surface area (Å²) in [6, 6.07) is 3.98. The molecule has 0 spiro atoms. The normalized spacial score (nSPS) is 17.8. The van der Waals surface area contributed by atoms with E-state index in [0.717, 1.165) is 63.3 Å². The minimum atomic E-state index is 0. The first kappa shape index (κ1) is 23.3. The van der Waals surface area contributed by atoms with Crippen LogP contribution in [0.15, 0.2) is 27.8 Å². The second-order valence-electron chi connectivity index (χ2n) is 7.40. The zero-order valence-corrected chi connectivity index (χ0v) is 19.2. The maximum Gasteiger partial charge on any atom is 0.193 e. The number of guanidine groups is 1. The summed E-state index contributed by atoms with van der Waals surface area (Å²) in [5.74, 6) is 3.42. The van der Waals surface area contributed by atoms with Gasteiger partial charge < -0.3 is 19.5 Å². The lowest BCUT2D eigenvalue weighted by molar-refractivity contribution is 0.255. The highest BCUT2D eigenvalue weighted by molar-refractivity contribution is 14.0. The van der Waals surface area contributed by atoms with Crippen LogP contribution in [0.25, 0.3) is 0 Å². The summed E-state index contributed by atoms with van der Waals surface area (Å²) in [7, 11) is 0.